The van der Waals surface area contributed by atoms with Crippen molar-refractivity contribution in [1.29, 1.82) is 0 Å². The first kappa shape index (κ1) is 5.68. The van der Waals surface area contributed by atoms with Crippen molar-refractivity contribution in [1.82, 2.24) is 4.57 Å². The lowest BCUT2D eigenvalue weighted by molar-refractivity contribution is 0.319. The number of hydrogen-bond acceptors (Lipinski definition) is 3. The fraction of sp³-hybridized carbons (Fsp3) is 0. The molecule has 1 rings (SSSR count). The largest absolute Gasteiger partial charge is 0.480 e. The summed E-state index contributed by atoms with van der Waals surface area (Å²) in [5, 5.41) is 8.53. The van der Waals surface area contributed by atoms with Gasteiger partial charge in [-0.15, -0.1) is 0 Å². The fourth-order valence-corrected chi connectivity index (χ4v) is 0.467. The molecule has 1 aromatic rings. The van der Waals surface area contributed by atoms with Crippen LogP contribution in [0.4, 0.5) is 0 Å². The number of rotatable bonds is 1. The summed E-state index contributed by atoms with van der Waals surface area (Å²) in [4.78, 5) is 10.4. The van der Waals surface area contributed by atoms with Crippen LogP contribution in [0.25, 0.3) is 6.20 Å². The van der Waals surface area contributed by atoms with Crippen molar-refractivity contribution in [2.45, 2.75) is 0 Å². The molecule has 0 aliphatic rings. The highest BCUT2D eigenvalue weighted by Crippen LogP contribution is 2.01. The zero-order chi connectivity index (χ0) is 6.85. The number of hydrogen-bond donors (Lipinski definition) is 1. The van der Waals surface area contributed by atoms with E-state index in [4.69, 9.17) is 5.11 Å². The van der Waals surface area contributed by atoms with Gasteiger partial charge in [-0.1, -0.05) is 6.58 Å². The Morgan fingerprint density at radius 1 is 1.89 bits per heavy atom. The van der Waals surface area contributed by atoms with Gasteiger partial charge >= 0.3 is 11.7 Å². The van der Waals surface area contributed by atoms with Gasteiger partial charge in [0.15, 0.2) is 0 Å². The van der Waals surface area contributed by atoms with Gasteiger partial charge in [0.2, 0.25) is 0 Å². The van der Waals surface area contributed by atoms with Crippen LogP contribution < -0.4 is 5.76 Å². The quantitative estimate of drug-likeness (QED) is 0.588. The molecule has 9 heavy (non-hydrogen) atoms. The minimum Gasteiger partial charge on any atom is -0.480 e. The highest BCUT2D eigenvalue weighted by molar-refractivity contribution is 5.17. The first-order valence-electron chi connectivity index (χ1n) is 2.27. The van der Waals surface area contributed by atoms with Crippen LogP contribution in [0.5, 0.6) is 5.95 Å². The molecule has 0 aliphatic carbocycles. The van der Waals surface area contributed by atoms with E-state index < -0.39 is 11.7 Å². The van der Waals surface area contributed by atoms with E-state index in [0.29, 0.717) is 0 Å². The molecule has 0 unspecified atom stereocenters. The van der Waals surface area contributed by atoms with Crippen molar-refractivity contribution >= 4 is 6.20 Å². The summed E-state index contributed by atoms with van der Waals surface area (Å²) in [5.74, 6) is -1.04. The lowest BCUT2D eigenvalue weighted by atomic mass is 10.8. The van der Waals surface area contributed by atoms with Gasteiger partial charge in [0, 0.05) is 6.20 Å². The van der Waals surface area contributed by atoms with E-state index in [2.05, 4.69) is 11.0 Å². The Morgan fingerprint density at radius 2 is 2.56 bits per heavy atom. The maximum Gasteiger partial charge on any atom is 0.426 e. The molecule has 48 valence electrons. The maximum atomic E-state index is 10.4. The van der Waals surface area contributed by atoms with Gasteiger partial charge in [-0.05, 0) is 0 Å². The van der Waals surface area contributed by atoms with E-state index in [0.717, 1.165) is 10.8 Å². The predicted molar refractivity (Wildman–Crippen MR) is 31.0 cm³/mol. The maximum absolute atomic E-state index is 10.4. The first-order chi connectivity index (χ1) is 4.24. The van der Waals surface area contributed by atoms with Crippen LogP contribution in [0.15, 0.2) is 22.0 Å². The number of aromatic hydroxyl groups is 1. The Bertz CT molecular complexity index is 270. The van der Waals surface area contributed by atoms with Gasteiger partial charge in [0.1, 0.15) is 0 Å². The highest BCUT2D eigenvalue weighted by atomic mass is 16.5. The van der Waals surface area contributed by atoms with Gasteiger partial charge in [0.05, 0.1) is 6.20 Å². The van der Waals surface area contributed by atoms with Crippen LogP contribution in [-0.2, 0) is 0 Å². The second kappa shape index (κ2) is 1.81. The fourth-order valence-electron chi connectivity index (χ4n) is 0.467. The zero-order valence-electron chi connectivity index (χ0n) is 4.57. The van der Waals surface area contributed by atoms with E-state index in [-0.39, 0.29) is 0 Å². The predicted octanol–water partition coefficient (Wildman–Crippen LogP) is 0.247. The minimum atomic E-state index is -0.637. The number of nitrogens with zero attached hydrogens (tertiary/aromatic N) is 1. The summed E-state index contributed by atoms with van der Waals surface area (Å²) in [6, 6.07) is 0. The monoisotopic (exact) mass is 127 g/mol. The molecular weight excluding hydrogens is 122 g/mol. The Kier molecular flexibility index (Phi) is 1.14. The van der Waals surface area contributed by atoms with E-state index in [1.165, 1.54) is 6.20 Å². The molecule has 0 radical (unpaired) electrons. The van der Waals surface area contributed by atoms with Gasteiger partial charge in [0.25, 0.3) is 0 Å². The number of aromatic nitrogens is 1. The standard InChI is InChI=1S/C5H5NO3/c1-2-6-3-4(7)9-5(6)8/h2-3,7H,1H2. The molecule has 0 saturated heterocycles. The molecule has 0 aliphatic heterocycles. The van der Waals surface area contributed by atoms with Gasteiger partial charge < -0.3 is 9.52 Å². The van der Waals surface area contributed by atoms with Crippen LogP contribution in [0.2, 0.25) is 0 Å². The summed E-state index contributed by atoms with van der Waals surface area (Å²) in [6.45, 7) is 3.30. The van der Waals surface area contributed by atoms with Crippen molar-refractivity contribution in [2.75, 3.05) is 0 Å². The van der Waals surface area contributed by atoms with Crippen molar-refractivity contribution in [2.24, 2.45) is 0 Å². The van der Waals surface area contributed by atoms with Crippen molar-refractivity contribution < 1.29 is 9.52 Å². The van der Waals surface area contributed by atoms with Crippen LogP contribution in [0.1, 0.15) is 0 Å². The SMILES string of the molecule is C=Cn1cc(O)oc1=O. The second-order valence-corrected chi connectivity index (χ2v) is 1.43. The first-order valence-corrected chi connectivity index (χ1v) is 2.27. The molecule has 1 N–H and O–H groups in total. The molecule has 0 bridgehead atoms. The van der Waals surface area contributed by atoms with Crippen LogP contribution >= 0.6 is 0 Å². The summed E-state index contributed by atoms with van der Waals surface area (Å²) in [5.41, 5.74) is 0. The lowest BCUT2D eigenvalue weighted by Gasteiger charge is -1.77. The average molecular weight is 127 g/mol. The minimum absolute atomic E-state index is 0.403. The molecular formula is C5H5NO3. The number of oxazole rings is 1. The van der Waals surface area contributed by atoms with Gasteiger partial charge in [-0.25, -0.2) is 4.79 Å². The third-order valence-corrected chi connectivity index (χ3v) is 0.849. The Morgan fingerprint density at radius 3 is 2.78 bits per heavy atom. The van der Waals surface area contributed by atoms with Crippen molar-refractivity contribution in [3.63, 3.8) is 0 Å². The molecule has 0 fully saturated rings. The van der Waals surface area contributed by atoms with E-state index >= 15 is 0 Å². The highest BCUT2D eigenvalue weighted by Gasteiger charge is 1.97. The van der Waals surface area contributed by atoms with Crippen LogP contribution in [0.3, 0.4) is 0 Å². The summed E-state index contributed by atoms with van der Waals surface area (Å²) < 4.78 is 5.23. The Hall–Kier alpha value is -1.45. The second-order valence-electron chi connectivity index (χ2n) is 1.43. The van der Waals surface area contributed by atoms with Crippen molar-refractivity contribution in [3.8, 4) is 5.95 Å². The normalized spacial score (nSPS) is 9.33. The molecule has 1 aromatic heterocycles. The Labute approximate surface area is 50.7 Å². The van der Waals surface area contributed by atoms with E-state index in [1.807, 2.05) is 0 Å². The molecule has 0 spiro atoms. The van der Waals surface area contributed by atoms with Gasteiger partial charge in [-0.3, -0.25) is 4.57 Å². The third kappa shape index (κ3) is 0.861. The molecule has 0 amide bonds. The molecule has 1 heterocycles. The van der Waals surface area contributed by atoms with Crippen molar-refractivity contribution in [3.05, 3.63) is 23.3 Å². The van der Waals surface area contributed by atoms with Crippen LogP contribution in [-0.4, -0.2) is 9.67 Å². The molecule has 0 aromatic carbocycles. The van der Waals surface area contributed by atoms with Gasteiger partial charge in [-0.2, -0.15) is 0 Å². The third-order valence-electron chi connectivity index (χ3n) is 0.849. The Balaban J connectivity index is 3.32. The molecule has 4 nitrogen and oxygen atoms in total. The molecule has 4 heteroatoms. The summed E-state index contributed by atoms with van der Waals surface area (Å²) in [7, 11) is 0. The summed E-state index contributed by atoms with van der Waals surface area (Å²) >= 11 is 0. The van der Waals surface area contributed by atoms with E-state index in [1.54, 1.807) is 0 Å². The average Bonchev–Trinajstić information content (AvgIpc) is 2.10. The lowest BCUT2D eigenvalue weighted by Crippen LogP contribution is -2.05. The molecule has 0 saturated carbocycles. The molecule has 0 atom stereocenters. The topological polar surface area (TPSA) is 55.4 Å². The smallest absolute Gasteiger partial charge is 0.426 e. The van der Waals surface area contributed by atoms with E-state index in [9.17, 15) is 4.79 Å². The van der Waals surface area contributed by atoms with Crippen LogP contribution in [0, 0.1) is 0 Å². The zero-order valence-corrected chi connectivity index (χ0v) is 4.57. The summed E-state index contributed by atoms with van der Waals surface area (Å²) in [6.07, 6.45) is 2.38.